The van der Waals surface area contributed by atoms with Crippen molar-refractivity contribution in [2.75, 3.05) is 29.0 Å². The predicted octanol–water partition coefficient (Wildman–Crippen LogP) is 3.47. The van der Waals surface area contributed by atoms with Crippen LogP contribution in [0.3, 0.4) is 0 Å². The average Bonchev–Trinajstić information content (AvgIpc) is 2.88. The highest BCUT2D eigenvalue weighted by atomic mass is 16.3. The van der Waals surface area contributed by atoms with E-state index in [0.717, 1.165) is 42.6 Å². The molecule has 6 N–H and O–H groups in total. The lowest BCUT2D eigenvalue weighted by Gasteiger charge is -2.33. The number of aliphatic hydroxyl groups excluding tert-OH is 1. The molecule has 1 saturated heterocycles. The Bertz CT molecular complexity index is 1360. The fourth-order valence-electron chi connectivity index (χ4n) is 4.55. The standard InChI is InChI=1S/C27H28N6O2/c28-20-7-4-12-33(16-20)24-10-11-30-15-23(24)32-27(35)25-21(29)13-18-8-9-19(14-22(18)31-25)26(34)17-5-2-1-3-6-17/h1-3,5-6,8-11,13-15,20,26,34H,4,7,12,16,28-29H2,(H,32,35). The fraction of sp³-hybridized carbons (Fsp3) is 0.222. The van der Waals surface area contributed by atoms with Gasteiger partial charge >= 0.3 is 0 Å². The number of nitrogens with one attached hydrogen (secondary N) is 1. The molecule has 0 bridgehead atoms. The minimum atomic E-state index is -0.800. The van der Waals surface area contributed by atoms with Crippen LogP contribution in [0.2, 0.25) is 0 Å². The van der Waals surface area contributed by atoms with Crippen molar-refractivity contribution in [2.24, 2.45) is 5.73 Å². The molecule has 35 heavy (non-hydrogen) atoms. The quantitative estimate of drug-likeness (QED) is 0.353. The number of rotatable bonds is 5. The largest absolute Gasteiger partial charge is 0.397 e. The Morgan fingerprint density at radius 3 is 2.74 bits per heavy atom. The number of aromatic nitrogens is 2. The first-order chi connectivity index (χ1) is 17.0. The minimum absolute atomic E-state index is 0.0960. The van der Waals surface area contributed by atoms with Crippen LogP contribution in [0.15, 0.2) is 73.1 Å². The van der Waals surface area contributed by atoms with E-state index in [1.807, 2.05) is 48.5 Å². The molecule has 3 heterocycles. The van der Waals surface area contributed by atoms with Crippen molar-refractivity contribution in [3.05, 3.63) is 89.9 Å². The van der Waals surface area contributed by atoms with Gasteiger partial charge in [-0.2, -0.15) is 0 Å². The van der Waals surface area contributed by atoms with Crippen LogP contribution in [0.1, 0.15) is 40.6 Å². The number of aliphatic hydroxyl groups is 1. The molecular formula is C27H28N6O2. The Morgan fingerprint density at radius 1 is 1.11 bits per heavy atom. The number of carbonyl (C=O) groups excluding carboxylic acids is 1. The van der Waals surface area contributed by atoms with Crippen molar-refractivity contribution in [1.29, 1.82) is 0 Å². The molecule has 8 nitrogen and oxygen atoms in total. The molecule has 2 aromatic heterocycles. The van der Waals surface area contributed by atoms with Crippen molar-refractivity contribution in [3.8, 4) is 0 Å². The molecule has 0 spiro atoms. The molecule has 0 aliphatic carbocycles. The maximum Gasteiger partial charge on any atom is 0.276 e. The number of nitrogens with zero attached hydrogens (tertiary/aromatic N) is 3. The summed E-state index contributed by atoms with van der Waals surface area (Å²) >= 11 is 0. The van der Waals surface area contributed by atoms with Crippen molar-refractivity contribution in [1.82, 2.24) is 9.97 Å². The maximum atomic E-state index is 13.2. The zero-order valence-corrected chi connectivity index (χ0v) is 19.3. The van der Waals surface area contributed by atoms with Gasteiger partial charge in [0.2, 0.25) is 0 Å². The van der Waals surface area contributed by atoms with Gasteiger partial charge in [0.15, 0.2) is 5.69 Å². The second-order valence-corrected chi connectivity index (χ2v) is 8.89. The third kappa shape index (κ3) is 4.80. The number of hydrogen-bond donors (Lipinski definition) is 4. The Labute approximate surface area is 203 Å². The first kappa shape index (κ1) is 22.8. The number of hydrogen-bond acceptors (Lipinski definition) is 7. The summed E-state index contributed by atoms with van der Waals surface area (Å²) in [5.74, 6) is -0.422. The lowest BCUT2D eigenvalue weighted by atomic mass is 10.00. The molecule has 0 saturated carbocycles. The Kier molecular flexibility index (Phi) is 6.31. The average molecular weight is 469 g/mol. The van der Waals surface area contributed by atoms with E-state index in [1.54, 1.807) is 24.5 Å². The van der Waals surface area contributed by atoms with E-state index in [-0.39, 0.29) is 17.4 Å². The molecule has 0 radical (unpaired) electrons. The molecule has 5 rings (SSSR count). The van der Waals surface area contributed by atoms with Crippen LogP contribution in [-0.4, -0.2) is 40.1 Å². The van der Waals surface area contributed by atoms with Gasteiger partial charge in [0.25, 0.3) is 5.91 Å². The summed E-state index contributed by atoms with van der Waals surface area (Å²) in [4.78, 5) is 24.2. The summed E-state index contributed by atoms with van der Waals surface area (Å²) in [5, 5.41) is 14.5. The third-order valence-corrected chi connectivity index (χ3v) is 6.36. The monoisotopic (exact) mass is 468 g/mol. The zero-order chi connectivity index (χ0) is 24.4. The van der Waals surface area contributed by atoms with Gasteiger partial charge < -0.3 is 26.8 Å². The van der Waals surface area contributed by atoms with E-state index in [0.29, 0.717) is 16.8 Å². The molecular weight excluding hydrogens is 440 g/mol. The fourth-order valence-corrected chi connectivity index (χ4v) is 4.55. The second kappa shape index (κ2) is 9.69. The van der Waals surface area contributed by atoms with Crippen LogP contribution < -0.4 is 21.7 Å². The summed E-state index contributed by atoms with van der Waals surface area (Å²) in [6.45, 7) is 1.58. The number of carbonyl (C=O) groups is 1. The summed E-state index contributed by atoms with van der Waals surface area (Å²) in [7, 11) is 0. The van der Waals surface area contributed by atoms with Crippen molar-refractivity contribution >= 4 is 33.9 Å². The lowest BCUT2D eigenvalue weighted by molar-refractivity contribution is 0.102. The second-order valence-electron chi connectivity index (χ2n) is 8.89. The van der Waals surface area contributed by atoms with Gasteiger partial charge in [-0.15, -0.1) is 0 Å². The van der Waals surface area contributed by atoms with Crippen LogP contribution in [0.4, 0.5) is 17.1 Å². The number of fused-ring (bicyclic) bond motifs is 1. The van der Waals surface area contributed by atoms with Gasteiger partial charge in [0.1, 0.15) is 6.10 Å². The third-order valence-electron chi connectivity index (χ3n) is 6.36. The zero-order valence-electron chi connectivity index (χ0n) is 19.3. The molecule has 2 unspecified atom stereocenters. The van der Waals surface area contributed by atoms with Crippen LogP contribution in [0.5, 0.6) is 0 Å². The normalized spacial score (nSPS) is 16.7. The Morgan fingerprint density at radius 2 is 1.94 bits per heavy atom. The summed E-state index contributed by atoms with van der Waals surface area (Å²) in [6.07, 6.45) is 4.51. The highest BCUT2D eigenvalue weighted by Crippen LogP contribution is 2.29. The Hall–Kier alpha value is -4.01. The van der Waals surface area contributed by atoms with Crippen LogP contribution in [0.25, 0.3) is 10.9 Å². The number of pyridine rings is 2. The number of anilines is 3. The van der Waals surface area contributed by atoms with E-state index in [2.05, 4.69) is 20.2 Å². The van der Waals surface area contributed by atoms with Crippen LogP contribution in [-0.2, 0) is 0 Å². The molecule has 2 atom stereocenters. The highest BCUT2D eigenvalue weighted by molar-refractivity contribution is 6.09. The van der Waals surface area contributed by atoms with Gasteiger partial charge in [-0.25, -0.2) is 4.98 Å². The number of piperidine rings is 1. The molecule has 1 aliphatic heterocycles. The van der Waals surface area contributed by atoms with E-state index < -0.39 is 12.0 Å². The minimum Gasteiger partial charge on any atom is -0.397 e. The predicted molar refractivity (Wildman–Crippen MR) is 138 cm³/mol. The molecule has 1 fully saturated rings. The maximum absolute atomic E-state index is 13.2. The van der Waals surface area contributed by atoms with E-state index >= 15 is 0 Å². The summed E-state index contributed by atoms with van der Waals surface area (Å²) in [6, 6.07) is 18.6. The van der Waals surface area contributed by atoms with Crippen molar-refractivity contribution < 1.29 is 9.90 Å². The van der Waals surface area contributed by atoms with Gasteiger partial charge in [0.05, 0.1) is 28.8 Å². The topological polar surface area (TPSA) is 130 Å². The molecule has 2 aromatic carbocycles. The number of nitrogens with two attached hydrogens (primary N) is 2. The lowest BCUT2D eigenvalue weighted by Crippen LogP contribution is -2.43. The molecule has 1 amide bonds. The smallest absolute Gasteiger partial charge is 0.276 e. The number of amides is 1. The van der Waals surface area contributed by atoms with Gasteiger partial charge in [-0.05, 0) is 42.2 Å². The molecule has 4 aromatic rings. The number of nitrogen functional groups attached to an aromatic ring is 1. The van der Waals surface area contributed by atoms with Gasteiger partial charge in [-0.3, -0.25) is 9.78 Å². The first-order valence-electron chi connectivity index (χ1n) is 11.7. The van der Waals surface area contributed by atoms with Crippen molar-refractivity contribution in [3.63, 3.8) is 0 Å². The highest BCUT2D eigenvalue weighted by Gasteiger charge is 2.22. The van der Waals surface area contributed by atoms with Crippen LogP contribution in [0, 0.1) is 0 Å². The van der Waals surface area contributed by atoms with E-state index in [1.165, 1.54) is 0 Å². The summed E-state index contributed by atoms with van der Waals surface area (Å²) < 4.78 is 0. The molecule has 178 valence electrons. The molecule has 1 aliphatic rings. The van der Waals surface area contributed by atoms with E-state index in [9.17, 15) is 9.90 Å². The van der Waals surface area contributed by atoms with Crippen LogP contribution >= 0.6 is 0 Å². The van der Waals surface area contributed by atoms with E-state index in [4.69, 9.17) is 11.5 Å². The van der Waals surface area contributed by atoms with Crippen molar-refractivity contribution in [2.45, 2.75) is 25.0 Å². The molecule has 8 heteroatoms. The number of benzene rings is 2. The SMILES string of the molecule is Nc1cc2ccc(C(O)c3ccccc3)cc2nc1C(=O)Nc1cnccc1N1CCCC(N)C1. The summed E-state index contributed by atoms with van der Waals surface area (Å²) in [5.41, 5.74) is 16.3. The first-order valence-corrected chi connectivity index (χ1v) is 11.7. The Balaban J connectivity index is 1.44. The van der Waals surface area contributed by atoms with Gasteiger partial charge in [0, 0.05) is 30.7 Å². The van der Waals surface area contributed by atoms with Gasteiger partial charge in [-0.1, -0.05) is 42.5 Å².